The number of benzene rings is 1. The Bertz CT molecular complexity index is 661. The monoisotopic (exact) mass is 344 g/mol. The third-order valence-electron chi connectivity index (χ3n) is 3.40. The van der Waals surface area contributed by atoms with Gasteiger partial charge in [-0.3, -0.25) is 0 Å². The van der Waals surface area contributed by atoms with Crippen molar-refractivity contribution in [2.75, 3.05) is 40.5 Å². The van der Waals surface area contributed by atoms with Crippen LogP contribution in [0.5, 0.6) is 11.5 Å². The summed E-state index contributed by atoms with van der Waals surface area (Å²) in [7, 11) is -0.873. The fraction of sp³-hybridized carbons (Fsp3) is 0.500. The molecule has 9 heteroatoms. The van der Waals surface area contributed by atoms with Crippen molar-refractivity contribution in [1.29, 1.82) is 0 Å². The van der Waals surface area contributed by atoms with Crippen LogP contribution in [-0.4, -0.2) is 59.9 Å². The molecular weight excluding hydrogens is 324 g/mol. The molecule has 1 aromatic carbocycles. The van der Waals surface area contributed by atoms with Crippen LogP contribution in [0, 0.1) is 0 Å². The highest BCUT2D eigenvalue weighted by Gasteiger charge is 2.22. The van der Waals surface area contributed by atoms with Crippen molar-refractivity contribution in [3.05, 3.63) is 18.2 Å². The SMILES string of the molecule is COc1ccc(OC)c(S(=O)(=O)NCCCN2CCOC2=O)c1. The molecule has 1 amide bonds. The van der Waals surface area contributed by atoms with Crippen molar-refractivity contribution in [3.63, 3.8) is 0 Å². The number of rotatable bonds is 8. The zero-order valence-corrected chi connectivity index (χ0v) is 13.9. The molecule has 0 bridgehead atoms. The van der Waals surface area contributed by atoms with E-state index in [2.05, 4.69) is 4.72 Å². The first-order chi connectivity index (χ1) is 11.0. The van der Waals surface area contributed by atoms with Crippen LogP contribution in [0.25, 0.3) is 0 Å². The Morgan fingerprint density at radius 1 is 1.30 bits per heavy atom. The van der Waals surface area contributed by atoms with E-state index in [-0.39, 0.29) is 23.3 Å². The molecule has 0 spiro atoms. The minimum Gasteiger partial charge on any atom is -0.497 e. The molecule has 1 saturated heterocycles. The Hall–Kier alpha value is -2.00. The average Bonchev–Trinajstić information content (AvgIpc) is 2.96. The summed E-state index contributed by atoms with van der Waals surface area (Å²) < 4.78 is 42.2. The number of sulfonamides is 1. The number of hydrogen-bond donors (Lipinski definition) is 1. The topological polar surface area (TPSA) is 94.2 Å². The van der Waals surface area contributed by atoms with Gasteiger partial charge in [0.25, 0.3) is 0 Å². The van der Waals surface area contributed by atoms with Gasteiger partial charge in [0, 0.05) is 19.2 Å². The van der Waals surface area contributed by atoms with Gasteiger partial charge in [-0.25, -0.2) is 17.9 Å². The fourth-order valence-corrected chi connectivity index (χ4v) is 3.43. The Morgan fingerprint density at radius 3 is 2.70 bits per heavy atom. The highest BCUT2D eigenvalue weighted by molar-refractivity contribution is 7.89. The quantitative estimate of drug-likeness (QED) is 0.702. The molecule has 0 atom stereocenters. The van der Waals surface area contributed by atoms with E-state index in [0.29, 0.717) is 31.9 Å². The third kappa shape index (κ3) is 4.26. The van der Waals surface area contributed by atoms with Crippen molar-refractivity contribution in [2.45, 2.75) is 11.3 Å². The van der Waals surface area contributed by atoms with Crippen LogP contribution in [0.1, 0.15) is 6.42 Å². The summed E-state index contributed by atoms with van der Waals surface area (Å²) in [6.07, 6.45) is 0.128. The predicted molar refractivity (Wildman–Crippen MR) is 82.3 cm³/mol. The number of cyclic esters (lactones) is 1. The fourth-order valence-electron chi connectivity index (χ4n) is 2.18. The van der Waals surface area contributed by atoms with E-state index in [4.69, 9.17) is 14.2 Å². The minimum absolute atomic E-state index is 0.0138. The molecule has 0 aromatic heterocycles. The van der Waals surface area contributed by atoms with Crippen LogP contribution >= 0.6 is 0 Å². The number of nitrogens with one attached hydrogen (secondary N) is 1. The number of amides is 1. The van der Waals surface area contributed by atoms with Gasteiger partial charge < -0.3 is 19.1 Å². The molecule has 2 rings (SSSR count). The number of methoxy groups -OCH3 is 2. The number of nitrogens with zero attached hydrogens (tertiary/aromatic N) is 1. The van der Waals surface area contributed by atoms with Crippen LogP contribution in [0.2, 0.25) is 0 Å². The molecule has 0 unspecified atom stereocenters. The van der Waals surface area contributed by atoms with Crippen molar-refractivity contribution in [3.8, 4) is 11.5 Å². The van der Waals surface area contributed by atoms with Crippen molar-refractivity contribution < 1.29 is 27.4 Å². The van der Waals surface area contributed by atoms with Gasteiger partial charge in [0.1, 0.15) is 23.0 Å². The molecule has 0 radical (unpaired) electrons. The molecular formula is C14H20N2O6S. The van der Waals surface area contributed by atoms with E-state index in [0.717, 1.165) is 0 Å². The molecule has 1 aliphatic heterocycles. The highest BCUT2D eigenvalue weighted by Crippen LogP contribution is 2.27. The lowest BCUT2D eigenvalue weighted by Crippen LogP contribution is -2.30. The largest absolute Gasteiger partial charge is 0.497 e. The summed E-state index contributed by atoms with van der Waals surface area (Å²) in [6, 6.07) is 4.56. The van der Waals surface area contributed by atoms with Gasteiger partial charge in [-0.2, -0.15) is 0 Å². The molecule has 1 aliphatic rings. The third-order valence-corrected chi connectivity index (χ3v) is 4.88. The van der Waals surface area contributed by atoms with Crippen LogP contribution in [0.4, 0.5) is 4.79 Å². The van der Waals surface area contributed by atoms with Crippen LogP contribution in [0.3, 0.4) is 0 Å². The van der Waals surface area contributed by atoms with Crippen molar-refractivity contribution in [1.82, 2.24) is 9.62 Å². The minimum atomic E-state index is -3.73. The van der Waals surface area contributed by atoms with Gasteiger partial charge in [-0.15, -0.1) is 0 Å². The number of carbonyl (C=O) groups excluding carboxylic acids is 1. The van der Waals surface area contributed by atoms with Crippen molar-refractivity contribution in [2.24, 2.45) is 0 Å². The summed E-state index contributed by atoms with van der Waals surface area (Å²) in [5.41, 5.74) is 0. The lowest BCUT2D eigenvalue weighted by molar-refractivity contribution is 0.158. The Morgan fingerprint density at radius 2 is 2.09 bits per heavy atom. The maximum absolute atomic E-state index is 12.4. The number of carbonyl (C=O) groups is 1. The molecule has 1 fully saturated rings. The molecule has 1 heterocycles. The molecule has 8 nitrogen and oxygen atoms in total. The maximum atomic E-state index is 12.4. The lowest BCUT2D eigenvalue weighted by atomic mass is 10.3. The molecule has 1 N–H and O–H groups in total. The predicted octanol–water partition coefficient (Wildman–Crippen LogP) is 0.824. The van der Waals surface area contributed by atoms with Crippen LogP contribution in [-0.2, 0) is 14.8 Å². The first kappa shape index (κ1) is 17.4. The van der Waals surface area contributed by atoms with Gasteiger partial charge in [-0.1, -0.05) is 0 Å². The van der Waals surface area contributed by atoms with Crippen molar-refractivity contribution >= 4 is 16.1 Å². The lowest BCUT2D eigenvalue weighted by Gasteiger charge is -2.14. The molecule has 0 saturated carbocycles. The van der Waals surface area contributed by atoms with E-state index >= 15 is 0 Å². The zero-order chi connectivity index (χ0) is 16.9. The highest BCUT2D eigenvalue weighted by atomic mass is 32.2. The second-order valence-corrected chi connectivity index (χ2v) is 6.60. The summed E-state index contributed by atoms with van der Waals surface area (Å²) in [5, 5.41) is 0. The second kappa shape index (κ2) is 7.51. The number of ether oxygens (including phenoxy) is 3. The second-order valence-electron chi connectivity index (χ2n) is 4.87. The van der Waals surface area contributed by atoms with E-state index in [1.807, 2.05) is 0 Å². The van der Waals surface area contributed by atoms with Gasteiger partial charge in [0.15, 0.2) is 0 Å². The van der Waals surface area contributed by atoms with E-state index in [1.165, 1.54) is 26.4 Å². The van der Waals surface area contributed by atoms with Crippen LogP contribution < -0.4 is 14.2 Å². The standard InChI is InChI=1S/C14H20N2O6S/c1-20-11-4-5-12(21-2)13(10-11)23(18,19)15-6-3-7-16-8-9-22-14(16)17/h4-5,10,15H,3,6-9H2,1-2H3. The van der Waals surface area contributed by atoms with E-state index in [9.17, 15) is 13.2 Å². The first-order valence-corrected chi connectivity index (χ1v) is 8.59. The maximum Gasteiger partial charge on any atom is 0.409 e. The molecule has 0 aliphatic carbocycles. The average molecular weight is 344 g/mol. The van der Waals surface area contributed by atoms with Crippen LogP contribution in [0.15, 0.2) is 23.1 Å². The van der Waals surface area contributed by atoms with Gasteiger partial charge in [0.2, 0.25) is 10.0 Å². The van der Waals surface area contributed by atoms with E-state index in [1.54, 1.807) is 11.0 Å². The Kier molecular flexibility index (Phi) is 5.67. The normalized spacial score (nSPS) is 14.7. The number of hydrogen-bond acceptors (Lipinski definition) is 6. The summed E-state index contributed by atoms with van der Waals surface area (Å²) in [6.45, 7) is 1.56. The molecule has 1 aromatic rings. The summed E-state index contributed by atoms with van der Waals surface area (Å²) in [4.78, 5) is 12.8. The molecule has 128 valence electrons. The summed E-state index contributed by atoms with van der Waals surface area (Å²) in [5.74, 6) is 0.660. The van der Waals surface area contributed by atoms with Gasteiger partial charge >= 0.3 is 6.09 Å². The Labute approximate surface area is 135 Å². The zero-order valence-electron chi connectivity index (χ0n) is 13.1. The first-order valence-electron chi connectivity index (χ1n) is 7.11. The summed E-state index contributed by atoms with van der Waals surface area (Å²) >= 11 is 0. The molecule has 23 heavy (non-hydrogen) atoms. The van der Waals surface area contributed by atoms with E-state index < -0.39 is 10.0 Å². The van der Waals surface area contributed by atoms with Gasteiger partial charge in [0.05, 0.1) is 20.8 Å². The smallest absolute Gasteiger partial charge is 0.409 e. The van der Waals surface area contributed by atoms with Gasteiger partial charge in [-0.05, 0) is 18.6 Å². The Balaban J connectivity index is 1.97.